The van der Waals surface area contributed by atoms with Crippen molar-refractivity contribution < 1.29 is 0 Å². The van der Waals surface area contributed by atoms with Gasteiger partial charge in [0.2, 0.25) is 0 Å². The summed E-state index contributed by atoms with van der Waals surface area (Å²) in [5, 5.41) is 8.72. The van der Waals surface area contributed by atoms with E-state index in [2.05, 4.69) is 48.9 Å². The molecular formula is C15H21N3. The lowest BCUT2D eigenvalue weighted by atomic mass is 9.88. The van der Waals surface area contributed by atoms with E-state index in [0.717, 1.165) is 12.4 Å². The molecule has 1 aliphatic rings. The van der Waals surface area contributed by atoms with Crippen molar-refractivity contribution in [2.24, 2.45) is 0 Å². The largest absolute Gasteiger partial charge is 0.353 e. The van der Waals surface area contributed by atoms with Crippen LogP contribution in [-0.4, -0.2) is 17.6 Å². The van der Waals surface area contributed by atoms with Crippen LogP contribution >= 0.6 is 0 Å². The normalized spacial score (nSPS) is 15.2. The zero-order valence-electron chi connectivity index (χ0n) is 11.5. The molecule has 0 saturated heterocycles. The number of aromatic nitrogens is 1. The molecule has 1 aromatic heterocycles. The van der Waals surface area contributed by atoms with Gasteiger partial charge in [-0.15, -0.1) is 0 Å². The van der Waals surface area contributed by atoms with Gasteiger partial charge in [0.25, 0.3) is 0 Å². The van der Waals surface area contributed by atoms with Gasteiger partial charge >= 0.3 is 0 Å². The number of rotatable bonds is 4. The SMILES string of the molecule is CC(C)(C)c1ccc(N(CCC#N)C2CC2)nc1. The maximum Gasteiger partial charge on any atom is 0.128 e. The zero-order chi connectivity index (χ0) is 13.2. The molecule has 1 fully saturated rings. The van der Waals surface area contributed by atoms with Crippen molar-refractivity contribution in [1.29, 1.82) is 5.26 Å². The summed E-state index contributed by atoms with van der Waals surface area (Å²) >= 11 is 0. The first-order chi connectivity index (χ1) is 8.52. The Hall–Kier alpha value is -1.56. The minimum absolute atomic E-state index is 0.141. The van der Waals surface area contributed by atoms with E-state index in [1.54, 1.807) is 0 Å². The molecule has 1 saturated carbocycles. The molecule has 0 N–H and O–H groups in total. The first kappa shape index (κ1) is 12.9. The van der Waals surface area contributed by atoms with E-state index in [1.807, 2.05) is 6.20 Å². The third-order valence-electron chi connectivity index (χ3n) is 3.36. The zero-order valence-corrected chi connectivity index (χ0v) is 11.5. The highest BCUT2D eigenvalue weighted by Crippen LogP contribution is 2.31. The Labute approximate surface area is 109 Å². The highest BCUT2D eigenvalue weighted by atomic mass is 15.2. The summed E-state index contributed by atoms with van der Waals surface area (Å²) in [6.07, 6.45) is 5.00. The van der Waals surface area contributed by atoms with Crippen LogP contribution in [0.25, 0.3) is 0 Å². The van der Waals surface area contributed by atoms with Crippen LogP contribution in [0.5, 0.6) is 0 Å². The van der Waals surface area contributed by atoms with Crippen molar-refractivity contribution in [2.45, 2.75) is 51.5 Å². The van der Waals surface area contributed by atoms with Crippen LogP contribution in [-0.2, 0) is 5.41 Å². The minimum Gasteiger partial charge on any atom is -0.353 e. The number of hydrogen-bond acceptors (Lipinski definition) is 3. The maximum absolute atomic E-state index is 8.72. The van der Waals surface area contributed by atoms with Crippen LogP contribution in [0.15, 0.2) is 18.3 Å². The fraction of sp³-hybridized carbons (Fsp3) is 0.600. The van der Waals surface area contributed by atoms with E-state index < -0.39 is 0 Å². The summed E-state index contributed by atoms with van der Waals surface area (Å²) in [5.41, 5.74) is 1.39. The molecular weight excluding hydrogens is 222 g/mol. The van der Waals surface area contributed by atoms with Crippen LogP contribution in [0.2, 0.25) is 0 Å². The summed E-state index contributed by atoms with van der Waals surface area (Å²) < 4.78 is 0. The molecule has 0 aliphatic heterocycles. The topological polar surface area (TPSA) is 39.9 Å². The van der Waals surface area contributed by atoms with Gasteiger partial charge in [-0.3, -0.25) is 0 Å². The molecule has 3 heteroatoms. The minimum atomic E-state index is 0.141. The predicted molar refractivity (Wildman–Crippen MR) is 73.5 cm³/mol. The molecule has 1 aromatic rings. The summed E-state index contributed by atoms with van der Waals surface area (Å²) in [6, 6.07) is 7.07. The molecule has 0 amide bonds. The Morgan fingerprint density at radius 1 is 1.39 bits per heavy atom. The van der Waals surface area contributed by atoms with Crippen molar-refractivity contribution >= 4 is 5.82 Å². The van der Waals surface area contributed by atoms with E-state index in [1.165, 1.54) is 18.4 Å². The standard InChI is InChI=1S/C15H21N3/c1-15(2,3)12-5-8-14(17-11-12)18(10-4-9-16)13-6-7-13/h5,8,11,13H,4,6-7,10H2,1-3H3. The van der Waals surface area contributed by atoms with Gasteiger partial charge in [-0.1, -0.05) is 26.8 Å². The van der Waals surface area contributed by atoms with Gasteiger partial charge in [0.1, 0.15) is 5.82 Å². The van der Waals surface area contributed by atoms with Crippen LogP contribution in [0.3, 0.4) is 0 Å². The summed E-state index contributed by atoms with van der Waals surface area (Å²) in [6.45, 7) is 7.37. The predicted octanol–water partition coefficient (Wildman–Crippen LogP) is 3.26. The third-order valence-corrected chi connectivity index (χ3v) is 3.36. The van der Waals surface area contributed by atoms with Gasteiger partial charge in [-0.25, -0.2) is 4.98 Å². The lowest BCUT2D eigenvalue weighted by molar-refractivity contribution is 0.587. The maximum atomic E-state index is 8.72. The number of nitriles is 1. The fourth-order valence-corrected chi connectivity index (χ4v) is 2.04. The number of hydrogen-bond donors (Lipinski definition) is 0. The Balaban J connectivity index is 2.14. The first-order valence-electron chi connectivity index (χ1n) is 6.62. The van der Waals surface area contributed by atoms with Crippen LogP contribution in [0.4, 0.5) is 5.82 Å². The number of anilines is 1. The Morgan fingerprint density at radius 3 is 2.56 bits per heavy atom. The summed E-state index contributed by atoms with van der Waals surface area (Å²) in [4.78, 5) is 6.85. The Morgan fingerprint density at radius 2 is 2.11 bits per heavy atom. The third kappa shape index (κ3) is 3.01. The van der Waals surface area contributed by atoms with Gasteiger partial charge in [-0.05, 0) is 29.9 Å². The van der Waals surface area contributed by atoms with E-state index in [-0.39, 0.29) is 5.41 Å². The van der Waals surface area contributed by atoms with E-state index in [4.69, 9.17) is 5.26 Å². The average Bonchev–Trinajstić information content (AvgIpc) is 3.13. The van der Waals surface area contributed by atoms with Crippen molar-refractivity contribution in [2.75, 3.05) is 11.4 Å². The second-order valence-electron chi connectivity index (χ2n) is 5.99. The molecule has 3 nitrogen and oxygen atoms in total. The van der Waals surface area contributed by atoms with E-state index in [0.29, 0.717) is 12.5 Å². The Kier molecular flexibility index (Phi) is 3.56. The molecule has 0 atom stereocenters. The summed E-state index contributed by atoms with van der Waals surface area (Å²) in [7, 11) is 0. The van der Waals surface area contributed by atoms with Crippen molar-refractivity contribution in [3.05, 3.63) is 23.9 Å². The molecule has 18 heavy (non-hydrogen) atoms. The molecule has 1 heterocycles. The molecule has 0 aromatic carbocycles. The van der Waals surface area contributed by atoms with Crippen LogP contribution in [0, 0.1) is 11.3 Å². The molecule has 1 aliphatic carbocycles. The van der Waals surface area contributed by atoms with Gasteiger partial charge < -0.3 is 4.90 Å². The van der Waals surface area contributed by atoms with Gasteiger partial charge in [-0.2, -0.15) is 5.26 Å². The highest BCUT2D eigenvalue weighted by Gasteiger charge is 2.29. The quantitative estimate of drug-likeness (QED) is 0.815. The number of pyridine rings is 1. The Bertz CT molecular complexity index is 432. The van der Waals surface area contributed by atoms with Gasteiger partial charge in [0, 0.05) is 18.8 Å². The molecule has 0 radical (unpaired) electrons. The molecule has 96 valence electrons. The lowest BCUT2D eigenvalue weighted by Gasteiger charge is -2.24. The smallest absolute Gasteiger partial charge is 0.128 e. The lowest BCUT2D eigenvalue weighted by Crippen LogP contribution is -2.27. The van der Waals surface area contributed by atoms with E-state index >= 15 is 0 Å². The van der Waals surface area contributed by atoms with Crippen molar-refractivity contribution in [1.82, 2.24) is 4.98 Å². The van der Waals surface area contributed by atoms with Gasteiger partial charge in [0.05, 0.1) is 12.5 Å². The average molecular weight is 243 g/mol. The molecule has 2 rings (SSSR count). The van der Waals surface area contributed by atoms with Crippen LogP contribution < -0.4 is 4.90 Å². The summed E-state index contributed by atoms with van der Waals surface area (Å²) in [5.74, 6) is 1.01. The van der Waals surface area contributed by atoms with Crippen molar-refractivity contribution in [3.63, 3.8) is 0 Å². The second kappa shape index (κ2) is 4.97. The molecule has 0 bridgehead atoms. The monoisotopic (exact) mass is 243 g/mol. The van der Waals surface area contributed by atoms with Crippen LogP contribution in [0.1, 0.15) is 45.6 Å². The fourth-order valence-electron chi connectivity index (χ4n) is 2.04. The number of nitrogens with zero attached hydrogens (tertiary/aromatic N) is 3. The second-order valence-corrected chi connectivity index (χ2v) is 5.99. The highest BCUT2D eigenvalue weighted by molar-refractivity contribution is 5.43. The molecule has 0 unspecified atom stereocenters. The van der Waals surface area contributed by atoms with E-state index in [9.17, 15) is 0 Å². The molecule has 0 spiro atoms. The first-order valence-corrected chi connectivity index (χ1v) is 6.62. The van der Waals surface area contributed by atoms with Gasteiger partial charge in [0.15, 0.2) is 0 Å². The van der Waals surface area contributed by atoms with Crippen molar-refractivity contribution in [3.8, 4) is 6.07 Å².